The van der Waals surface area contributed by atoms with Crippen LogP contribution in [0, 0.1) is 5.82 Å². The number of thioether (sulfide) groups is 1. The maximum Gasteiger partial charge on any atom is 0.254 e. The van der Waals surface area contributed by atoms with E-state index in [4.69, 9.17) is 0 Å². The van der Waals surface area contributed by atoms with Crippen molar-refractivity contribution in [3.8, 4) is 0 Å². The molecule has 0 saturated carbocycles. The summed E-state index contributed by atoms with van der Waals surface area (Å²) < 4.78 is 16.6. The fraction of sp³-hybridized carbons (Fsp3) is 0.238. The number of carbonyl (C=O) groups excluding carboxylic acids is 2. The number of benzene rings is 2. The number of nitrogens with zero attached hydrogens (tertiary/aromatic N) is 3. The molecular formula is C21H21BrFN5O2S. The zero-order valence-electron chi connectivity index (χ0n) is 16.9. The smallest absolute Gasteiger partial charge is 0.254 e. The van der Waals surface area contributed by atoms with Crippen LogP contribution in [0.5, 0.6) is 0 Å². The quantitative estimate of drug-likeness (QED) is 0.442. The molecule has 0 saturated heterocycles. The number of amides is 2. The summed E-state index contributed by atoms with van der Waals surface area (Å²) in [5.41, 5.74) is 0.673. The van der Waals surface area contributed by atoms with Crippen LogP contribution in [0.2, 0.25) is 0 Å². The Labute approximate surface area is 192 Å². The Morgan fingerprint density at radius 3 is 2.55 bits per heavy atom. The van der Waals surface area contributed by atoms with Crippen molar-refractivity contribution in [3.63, 3.8) is 0 Å². The van der Waals surface area contributed by atoms with Crippen LogP contribution in [0.1, 0.15) is 36.1 Å². The second-order valence-electron chi connectivity index (χ2n) is 6.60. The monoisotopic (exact) mass is 505 g/mol. The van der Waals surface area contributed by atoms with Crippen molar-refractivity contribution < 1.29 is 14.0 Å². The second-order valence-corrected chi connectivity index (χ2v) is 8.46. The summed E-state index contributed by atoms with van der Waals surface area (Å²) in [5, 5.41) is 14.5. The summed E-state index contributed by atoms with van der Waals surface area (Å²) in [5.74, 6) is -0.593. The minimum Gasteiger partial charge on any atom is -0.342 e. The summed E-state index contributed by atoms with van der Waals surface area (Å²) in [6, 6.07) is 12.6. The van der Waals surface area contributed by atoms with Crippen LogP contribution in [0.25, 0.3) is 0 Å². The van der Waals surface area contributed by atoms with Gasteiger partial charge in [-0.3, -0.25) is 9.59 Å². The molecule has 3 aromatic rings. The SMILES string of the molecule is CCn1c(SCC(=O)Nc2ccc(Br)cc2)nnc1[C@@H](C)NC(=O)c1ccccc1F. The number of rotatable bonds is 8. The largest absolute Gasteiger partial charge is 0.342 e. The predicted molar refractivity (Wildman–Crippen MR) is 121 cm³/mol. The normalized spacial score (nSPS) is 11.7. The first kappa shape index (κ1) is 23.0. The minimum atomic E-state index is -0.586. The first-order valence-corrected chi connectivity index (χ1v) is 11.3. The number of nitrogens with one attached hydrogen (secondary N) is 2. The zero-order valence-corrected chi connectivity index (χ0v) is 19.3. The van der Waals surface area contributed by atoms with E-state index >= 15 is 0 Å². The van der Waals surface area contributed by atoms with Gasteiger partial charge in [0, 0.05) is 16.7 Å². The van der Waals surface area contributed by atoms with Crippen molar-refractivity contribution in [1.82, 2.24) is 20.1 Å². The molecule has 1 atom stereocenters. The Morgan fingerprint density at radius 2 is 1.87 bits per heavy atom. The Morgan fingerprint density at radius 1 is 1.16 bits per heavy atom. The van der Waals surface area contributed by atoms with E-state index in [1.807, 2.05) is 23.6 Å². The van der Waals surface area contributed by atoms with E-state index < -0.39 is 17.8 Å². The van der Waals surface area contributed by atoms with Crippen molar-refractivity contribution in [2.75, 3.05) is 11.1 Å². The van der Waals surface area contributed by atoms with Crippen molar-refractivity contribution >= 4 is 45.2 Å². The molecule has 3 rings (SSSR count). The van der Waals surface area contributed by atoms with Gasteiger partial charge in [-0.1, -0.05) is 39.8 Å². The molecule has 7 nitrogen and oxygen atoms in total. The Kier molecular flexibility index (Phi) is 7.80. The Hall–Kier alpha value is -2.72. The lowest BCUT2D eigenvalue weighted by molar-refractivity contribution is -0.113. The van der Waals surface area contributed by atoms with Gasteiger partial charge in [-0.15, -0.1) is 10.2 Å². The molecule has 31 heavy (non-hydrogen) atoms. The highest BCUT2D eigenvalue weighted by Gasteiger charge is 2.21. The van der Waals surface area contributed by atoms with Gasteiger partial charge >= 0.3 is 0 Å². The van der Waals surface area contributed by atoms with Gasteiger partial charge < -0.3 is 15.2 Å². The number of hydrogen-bond acceptors (Lipinski definition) is 5. The minimum absolute atomic E-state index is 0.0314. The fourth-order valence-corrected chi connectivity index (χ4v) is 3.94. The molecular weight excluding hydrogens is 485 g/mol. The molecule has 0 aliphatic carbocycles. The van der Waals surface area contributed by atoms with Crippen molar-refractivity contribution in [3.05, 3.63) is 70.2 Å². The summed E-state index contributed by atoms with van der Waals surface area (Å²) in [4.78, 5) is 24.6. The van der Waals surface area contributed by atoms with E-state index in [0.717, 1.165) is 4.47 Å². The molecule has 2 aromatic carbocycles. The average molecular weight is 506 g/mol. The number of anilines is 1. The average Bonchev–Trinajstić information content (AvgIpc) is 3.17. The molecule has 162 valence electrons. The van der Waals surface area contributed by atoms with Gasteiger partial charge in [-0.05, 0) is 50.2 Å². The van der Waals surface area contributed by atoms with Gasteiger partial charge in [0.1, 0.15) is 5.82 Å². The van der Waals surface area contributed by atoms with Gasteiger partial charge in [0.2, 0.25) is 5.91 Å². The van der Waals surface area contributed by atoms with Crippen LogP contribution in [0.4, 0.5) is 10.1 Å². The molecule has 0 bridgehead atoms. The maximum absolute atomic E-state index is 13.9. The lowest BCUT2D eigenvalue weighted by Gasteiger charge is -2.15. The molecule has 10 heteroatoms. The first-order valence-electron chi connectivity index (χ1n) is 9.55. The molecule has 1 heterocycles. The molecule has 0 aliphatic heterocycles. The Balaban J connectivity index is 1.63. The van der Waals surface area contributed by atoms with E-state index in [0.29, 0.717) is 23.2 Å². The van der Waals surface area contributed by atoms with Gasteiger partial charge in [0.25, 0.3) is 5.91 Å². The van der Waals surface area contributed by atoms with E-state index in [1.54, 1.807) is 25.1 Å². The van der Waals surface area contributed by atoms with Crippen LogP contribution >= 0.6 is 27.7 Å². The highest BCUT2D eigenvalue weighted by molar-refractivity contribution is 9.10. The predicted octanol–water partition coefficient (Wildman–Crippen LogP) is 4.42. The van der Waals surface area contributed by atoms with Crippen molar-refractivity contribution in [2.45, 2.75) is 31.6 Å². The van der Waals surface area contributed by atoms with Crippen LogP contribution in [-0.2, 0) is 11.3 Å². The standard InChI is InChI=1S/C21H21BrFN5O2S/c1-3-28-19(13(2)24-20(30)16-6-4-5-7-17(16)23)26-27-21(28)31-12-18(29)25-15-10-8-14(22)9-11-15/h4-11,13H,3,12H2,1-2H3,(H,24,30)(H,25,29)/t13-/m1/s1. The molecule has 2 amide bonds. The lowest BCUT2D eigenvalue weighted by atomic mass is 10.2. The van der Waals surface area contributed by atoms with Gasteiger partial charge in [-0.25, -0.2) is 4.39 Å². The van der Waals surface area contributed by atoms with Gasteiger partial charge in [0.15, 0.2) is 11.0 Å². The molecule has 0 radical (unpaired) electrons. The molecule has 0 spiro atoms. The number of aromatic nitrogens is 3. The second kappa shape index (κ2) is 10.5. The van der Waals surface area contributed by atoms with Crippen LogP contribution in [0.3, 0.4) is 0 Å². The van der Waals surface area contributed by atoms with Crippen LogP contribution < -0.4 is 10.6 Å². The third-order valence-corrected chi connectivity index (χ3v) is 5.87. The highest BCUT2D eigenvalue weighted by Crippen LogP contribution is 2.22. The number of carbonyl (C=O) groups is 2. The number of hydrogen-bond donors (Lipinski definition) is 2. The van der Waals surface area contributed by atoms with Crippen LogP contribution in [0.15, 0.2) is 58.2 Å². The van der Waals surface area contributed by atoms with Gasteiger partial charge in [0.05, 0.1) is 17.4 Å². The Bertz CT molecular complexity index is 1070. The summed E-state index contributed by atoms with van der Waals surface area (Å²) in [7, 11) is 0. The van der Waals surface area contributed by atoms with E-state index in [2.05, 4.69) is 36.8 Å². The topological polar surface area (TPSA) is 88.9 Å². The van der Waals surface area contributed by atoms with Crippen molar-refractivity contribution in [2.24, 2.45) is 0 Å². The summed E-state index contributed by atoms with van der Waals surface area (Å²) in [6.45, 7) is 4.23. The molecule has 0 aliphatic rings. The summed E-state index contributed by atoms with van der Waals surface area (Å²) in [6.07, 6.45) is 0. The molecule has 0 unspecified atom stereocenters. The van der Waals surface area contributed by atoms with E-state index in [9.17, 15) is 14.0 Å². The molecule has 0 fully saturated rings. The number of halogens is 2. The third kappa shape index (κ3) is 5.92. The molecule has 1 aromatic heterocycles. The summed E-state index contributed by atoms with van der Waals surface area (Å²) >= 11 is 4.61. The highest BCUT2D eigenvalue weighted by atomic mass is 79.9. The first-order chi connectivity index (χ1) is 14.9. The third-order valence-electron chi connectivity index (χ3n) is 4.38. The van der Waals surface area contributed by atoms with Crippen molar-refractivity contribution in [1.29, 1.82) is 0 Å². The zero-order chi connectivity index (χ0) is 22.4. The maximum atomic E-state index is 13.9. The van der Waals surface area contributed by atoms with E-state index in [1.165, 1.54) is 30.0 Å². The molecule has 2 N–H and O–H groups in total. The lowest BCUT2D eigenvalue weighted by Crippen LogP contribution is -2.29. The van der Waals surface area contributed by atoms with Crippen LogP contribution in [-0.4, -0.2) is 32.3 Å². The van der Waals surface area contributed by atoms with Gasteiger partial charge in [-0.2, -0.15) is 0 Å². The fourth-order valence-electron chi connectivity index (χ4n) is 2.87. The van der Waals surface area contributed by atoms with E-state index in [-0.39, 0.29) is 17.2 Å².